The molecule has 1 N–H and O–H groups in total. The predicted octanol–water partition coefficient (Wildman–Crippen LogP) is 2.59. The van der Waals surface area contributed by atoms with Crippen molar-refractivity contribution < 1.29 is 18.0 Å². The van der Waals surface area contributed by atoms with E-state index in [0.29, 0.717) is 5.76 Å². The highest BCUT2D eigenvalue weighted by Crippen LogP contribution is 2.18. The number of likely N-dealkylation sites (N-methyl/N-ethyl adjacent to an activating group) is 1. The molecule has 0 saturated carbocycles. The Morgan fingerprint density at radius 2 is 1.90 bits per heavy atom. The quantitative estimate of drug-likeness (QED) is 0.922. The van der Waals surface area contributed by atoms with Crippen molar-refractivity contribution in [2.75, 3.05) is 20.6 Å². The number of halogens is 2. The van der Waals surface area contributed by atoms with Crippen LogP contribution in [-0.2, 0) is 0 Å². The fraction of sp³-hybridized carbons (Fsp3) is 0.267. The zero-order chi connectivity index (χ0) is 15.4. The Morgan fingerprint density at radius 3 is 2.43 bits per heavy atom. The lowest BCUT2D eigenvalue weighted by atomic mass is 10.1. The van der Waals surface area contributed by atoms with Gasteiger partial charge in [0.25, 0.3) is 5.91 Å². The van der Waals surface area contributed by atoms with Crippen LogP contribution < -0.4 is 5.32 Å². The summed E-state index contributed by atoms with van der Waals surface area (Å²) in [6.07, 6.45) is 1.53. The van der Waals surface area contributed by atoms with Crippen LogP contribution in [-0.4, -0.2) is 31.4 Å². The Morgan fingerprint density at radius 1 is 1.24 bits per heavy atom. The molecular weight excluding hydrogens is 278 g/mol. The van der Waals surface area contributed by atoms with Crippen molar-refractivity contribution in [2.24, 2.45) is 0 Å². The highest BCUT2D eigenvalue weighted by Gasteiger charge is 2.21. The maximum atomic E-state index is 13.5. The number of nitrogens with zero attached hydrogens (tertiary/aromatic N) is 1. The van der Waals surface area contributed by atoms with E-state index in [4.69, 9.17) is 4.42 Å². The van der Waals surface area contributed by atoms with Crippen molar-refractivity contribution in [3.63, 3.8) is 0 Å². The van der Waals surface area contributed by atoms with Crippen molar-refractivity contribution in [1.82, 2.24) is 10.2 Å². The standard InChI is InChI=1S/C15H16F2N2O2/c1-19(2)12(13-7-4-8-21-13)9-18-15(20)14-10(16)5-3-6-11(14)17/h3-8,12H,9H2,1-2H3,(H,18,20). The lowest BCUT2D eigenvalue weighted by molar-refractivity contribution is 0.0930. The van der Waals surface area contributed by atoms with Crippen LogP contribution in [0.1, 0.15) is 22.2 Å². The summed E-state index contributed by atoms with van der Waals surface area (Å²) in [4.78, 5) is 13.8. The maximum absolute atomic E-state index is 13.5. The third-order valence-corrected chi connectivity index (χ3v) is 3.14. The molecule has 1 atom stereocenters. The van der Waals surface area contributed by atoms with Gasteiger partial charge in [0.2, 0.25) is 0 Å². The number of furan rings is 1. The van der Waals surface area contributed by atoms with Crippen LogP contribution in [0.2, 0.25) is 0 Å². The Hall–Kier alpha value is -2.21. The van der Waals surface area contributed by atoms with Gasteiger partial charge < -0.3 is 9.73 Å². The van der Waals surface area contributed by atoms with Crippen LogP contribution in [0.4, 0.5) is 8.78 Å². The van der Waals surface area contributed by atoms with E-state index in [2.05, 4.69) is 5.32 Å². The lowest BCUT2D eigenvalue weighted by Crippen LogP contribution is -2.35. The molecular formula is C15H16F2N2O2. The van der Waals surface area contributed by atoms with Gasteiger partial charge >= 0.3 is 0 Å². The van der Waals surface area contributed by atoms with E-state index < -0.39 is 23.1 Å². The zero-order valence-corrected chi connectivity index (χ0v) is 11.8. The van der Waals surface area contributed by atoms with Crippen molar-refractivity contribution in [3.8, 4) is 0 Å². The molecule has 1 aromatic heterocycles. The van der Waals surface area contributed by atoms with Crippen molar-refractivity contribution in [3.05, 3.63) is 59.6 Å². The fourth-order valence-electron chi connectivity index (χ4n) is 2.01. The van der Waals surface area contributed by atoms with Gasteiger partial charge in [0.15, 0.2) is 0 Å². The summed E-state index contributed by atoms with van der Waals surface area (Å²) in [7, 11) is 3.64. The van der Waals surface area contributed by atoms with Crippen LogP contribution in [0.5, 0.6) is 0 Å². The van der Waals surface area contributed by atoms with Gasteiger partial charge in [0.1, 0.15) is 23.0 Å². The molecule has 0 bridgehead atoms. The second-order valence-corrected chi connectivity index (χ2v) is 4.80. The molecule has 112 valence electrons. The SMILES string of the molecule is CN(C)C(CNC(=O)c1c(F)cccc1F)c1ccco1. The molecule has 0 spiro atoms. The summed E-state index contributed by atoms with van der Waals surface area (Å²) in [5.74, 6) is -1.89. The molecule has 21 heavy (non-hydrogen) atoms. The molecule has 1 aromatic carbocycles. The first-order valence-corrected chi connectivity index (χ1v) is 6.42. The van der Waals surface area contributed by atoms with Crippen LogP contribution in [0.25, 0.3) is 0 Å². The minimum Gasteiger partial charge on any atom is -0.468 e. The summed E-state index contributed by atoms with van der Waals surface area (Å²) in [5, 5.41) is 2.53. The van der Waals surface area contributed by atoms with E-state index in [1.165, 1.54) is 12.3 Å². The lowest BCUT2D eigenvalue weighted by Gasteiger charge is -2.22. The third-order valence-electron chi connectivity index (χ3n) is 3.14. The van der Waals surface area contributed by atoms with Crippen LogP contribution in [0.15, 0.2) is 41.0 Å². The largest absolute Gasteiger partial charge is 0.468 e. The van der Waals surface area contributed by atoms with E-state index in [1.54, 1.807) is 12.1 Å². The number of benzene rings is 1. The summed E-state index contributed by atoms with van der Waals surface area (Å²) < 4.78 is 32.4. The monoisotopic (exact) mass is 294 g/mol. The molecule has 6 heteroatoms. The van der Waals surface area contributed by atoms with Crippen LogP contribution in [0, 0.1) is 11.6 Å². The van der Waals surface area contributed by atoms with Gasteiger partial charge in [-0.1, -0.05) is 6.07 Å². The van der Waals surface area contributed by atoms with E-state index in [1.807, 2.05) is 19.0 Å². The Labute approximate surface area is 121 Å². The van der Waals surface area contributed by atoms with Gasteiger partial charge in [-0.05, 0) is 38.4 Å². The van der Waals surface area contributed by atoms with Crippen molar-refractivity contribution in [2.45, 2.75) is 6.04 Å². The number of amides is 1. The van der Waals surface area contributed by atoms with Gasteiger partial charge in [-0.15, -0.1) is 0 Å². The van der Waals surface area contributed by atoms with Crippen LogP contribution >= 0.6 is 0 Å². The minimum absolute atomic E-state index is 0.174. The summed E-state index contributed by atoms with van der Waals surface area (Å²) >= 11 is 0. The number of hydrogen-bond donors (Lipinski definition) is 1. The maximum Gasteiger partial charge on any atom is 0.257 e. The first-order chi connectivity index (χ1) is 10.0. The number of nitrogens with one attached hydrogen (secondary N) is 1. The molecule has 0 saturated heterocycles. The molecule has 2 rings (SSSR count). The molecule has 2 aromatic rings. The number of hydrogen-bond acceptors (Lipinski definition) is 3. The van der Waals surface area contributed by atoms with Gasteiger partial charge in [0.05, 0.1) is 12.3 Å². The predicted molar refractivity (Wildman–Crippen MR) is 73.8 cm³/mol. The number of carbonyl (C=O) groups is 1. The first kappa shape index (κ1) is 15.2. The second kappa shape index (κ2) is 6.49. The number of rotatable bonds is 5. The molecule has 0 aliphatic rings. The fourth-order valence-corrected chi connectivity index (χ4v) is 2.01. The smallest absolute Gasteiger partial charge is 0.257 e. The highest BCUT2D eigenvalue weighted by molar-refractivity contribution is 5.94. The van der Waals surface area contributed by atoms with E-state index in [9.17, 15) is 13.6 Å². The van der Waals surface area contributed by atoms with Crippen molar-refractivity contribution in [1.29, 1.82) is 0 Å². The average molecular weight is 294 g/mol. The van der Waals surface area contributed by atoms with E-state index >= 15 is 0 Å². The zero-order valence-electron chi connectivity index (χ0n) is 11.8. The summed E-state index contributed by atoms with van der Waals surface area (Å²) in [5.41, 5.74) is -0.575. The average Bonchev–Trinajstić information content (AvgIpc) is 2.92. The molecule has 1 amide bonds. The summed E-state index contributed by atoms with van der Waals surface area (Å²) in [6, 6.07) is 6.61. The first-order valence-electron chi connectivity index (χ1n) is 6.42. The van der Waals surface area contributed by atoms with E-state index in [-0.39, 0.29) is 12.6 Å². The number of carbonyl (C=O) groups excluding carboxylic acids is 1. The molecule has 1 unspecified atom stereocenters. The molecule has 0 aliphatic carbocycles. The van der Waals surface area contributed by atoms with Crippen molar-refractivity contribution >= 4 is 5.91 Å². The third kappa shape index (κ3) is 3.46. The molecule has 1 heterocycles. The Balaban J connectivity index is 2.09. The van der Waals surface area contributed by atoms with Gasteiger partial charge in [-0.3, -0.25) is 9.69 Å². The van der Waals surface area contributed by atoms with Gasteiger partial charge in [0, 0.05) is 6.54 Å². The van der Waals surface area contributed by atoms with E-state index in [0.717, 1.165) is 12.1 Å². The minimum atomic E-state index is -0.882. The van der Waals surface area contributed by atoms with Crippen LogP contribution in [0.3, 0.4) is 0 Å². The molecule has 0 aliphatic heterocycles. The Bertz CT molecular complexity index is 592. The van der Waals surface area contributed by atoms with Gasteiger partial charge in [-0.2, -0.15) is 0 Å². The highest BCUT2D eigenvalue weighted by atomic mass is 19.1. The molecule has 0 fully saturated rings. The normalized spacial score (nSPS) is 12.4. The summed E-state index contributed by atoms with van der Waals surface area (Å²) in [6.45, 7) is 0.174. The topological polar surface area (TPSA) is 45.5 Å². The Kier molecular flexibility index (Phi) is 4.70. The second-order valence-electron chi connectivity index (χ2n) is 4.80. The molecule has 4 nitrogen and oxygen atoms in total. The van der Waals surface area contributed by atoms with Gasteiger partial charge in [-0.25, -0.2) is 8.78 Å². The molecule has 0 radical (unpaired) electrons.